The van der Waals surface area contributed by atoms with E-state index in [1.807, 2.05) is 0 Å². The predicted octanol–water partition coefficient (Wildman–Crippen LogP) is 3.44. The molecule has 0 N–H and O–H groups in total. The van der Waals surface area contributed by atoms with Gasteiger partial charge in [-0.3, -0.25) is 0 Å². The van der Waals surface area contributed by atoms with Crippen LogP contribution in [0, 0.1) is 11.3 Å². The van der Waals surface area contributed by atoms with Crippen LogP contribution in [0.2, 0.25) is 0 Å². The highest BCUT2D eigenvalue weighted by molar-refractivity contribution is 4.89. The molecule has 2 aliphatic rings. The first-order chi connectivity index (χ1) is 6.99. The SMILES string of the molecule is CC[N+]1(C2CC(C)(C)CC2C)CCCC1. The monoisotopic (exact) mass is 210 g/mol. The van der Waals surface area contributed by atoms with E-state index in [0.29, 0.717) is 5.41 Å². The summed E-state index contributed by atoms with van der Waals surface area (Å²) in [4.78, 5) is 0. The van der Waals surface area contributed by atoms with E-state index in [1.54, 1.807) is 0 Å². The van der Waals surface area contributed by atoms with Crippen molar-refractivity contribution in [2.45, 2.75) is 59.4 Å². The van der Waals surface area contributed by atoms with Gasteiger partial charge >= 0.3 is 0 Å². The van der Waals surface area contributed by atoms with Gasteiger partial charge in [-0.2, -0.15) is 0 Å². The zero-order valence-electron chi connectivity index (χ0n) is 11.1. The Kier molecular flexibility index (Phi) is 2.87. The minimum atomic E-state index is 0.604. The summed E-state index contributed by atoms with van der Waals surface area (Å²) in [5, 5.41) is 0. The third-order valence-electron chi connectivity index (χ3n) is 5.08. The van der Waals surface area contributed by atoms with Crippen LogP contribution in [-0.4, -0.2) is 30.2 Å². The van der Waals surface area contributed by atoms with E-state index in [1.165, 1.54) is 49.8 Å². The molecule has 88 valence electrons. The maximum Gasteiger partial charge on any atom is 0.0921 e. The van der Waals surface area contributed by atoms with E-state index in [4.69, 9.17) is 0 Å². The molecular formula is C14H28N+. The number of hydrogen-bond acceptors (Lipinski definition) is 0. The lowest BCUT2D eigenvalue weighted by Crippen LogP contribution is -2.54. The lowest BCUT2D eigenvalue weighted by molar-refractivity contribution is -0.941. The van der Waals surface area contributed by atoms with Crippen LogP contribution in [0.3, 0.4) is 0 Å². The molecule has 1 aliphatic heterocycles. The first kappa shape index (κ1) is 11.4. The molecule has 1 nitrogen and oxygen atoms in total. The lowest BCUT2D eigenvalue weighted by atomic mass is 9.91. The maximum absolute atomic E-state index is 2.49. The fraction of sp³-hybridized carbons (Fsp3) is 1.00. The average Bonchev–Trinajstić information content (AvgIpc) is 2.71. The van der Waals surface area contributed by atoms with Gasteiger partial charge in [-0.05, 0) is 18.8 Å². The van der Waals surface area contributed by atoms with Gasteiger partial charge in [0.25, 0.3) is 0 Å². The molecule has 15 heavy (non-hydrogen) atoms. The van der Waals surface area contributed by atoms with Crippen LogP contribution in [0.4, 0.5) is 0 Å². The van der Waals surface area contributed by atoms with Crippen molar-refractivity contribution in [1.82, 2.24) is 0 Å². The van der Waals surface area contributed by atoms with E-state index in [0.717, 1.165) is 12.0 Å². The molecule has 0 spiro atoms. The Balaban J connectivity index is 2.15. The minimum absolute atomic E-state index is 0.604. The van der Waals surface area contributed by atoms with Crippen molar-refractivity contribution in [2.75, 3.05) is 19.6 Å². The summed E-state index contributed by atoms with van der Waals surface area (Å²) in [6.45, 7) is 14.1. The fourth-order valence-corrected chi connectivity index (χ4v) is 4.44. The predicted molar refractivity (Wildman–Crippen MR) is 65.7 cm³/mol. The molecule has 1 aliphatic carbocycles. The smallest absolute Gasteiger partial charge is 0.0921 e. The first-order valence-corrected chi connectivity index (χ1v) is 6.85. The Hall–Kier alpha value is -0.0400. The van der Waals surface area contributed by atoms with Crippen molar-refractivity contribution >= 4 is 0 Å². The van der Waals surface area contributed by atoms with E-state index in [-0.39, 0.29) is 0 Å². The average molecular weight is 210 g/mol. The van der Waals surface area contributed by atoms with Crippen molar-refractivity contribution in [3.05, 3.63) is 0 Å². The zero-order valence-corrected chi connectivity index (χ0v) is 11.1. The van der Waals surface area contributed by atoms with Crippen LogP contribution in [0.15, 0.2) is 0 Å². The van der Waals surface area contributed by atoms with Crippen LogP contribution in [-0.2, 0) is 0 Å². The zero-order chi connectivity index (χ0) is 11.1. The van der Waals surface area contributed by atoms with Crippen LogP contribution >= 0.6 is 0 Å². The first-order valence-electron chi connectivity index (χ1n) is 6.85. The Labute approximate surface area is 95.4 Å². The number of likely N-dealkylation sites (tertiary alicyclic amines) is 1. The molecule has 1 heterocycles. The second kappa shape index (κ2) is 3.76. The highest BCUT2D eigenvalue weighted by atomic mass is 15.4. The van der Waals surface area contributed by atoms with Crippen molar-refractivity contribution < 1.29 is 4.48 Å². The third kappa shape index (κ3) is 1.95. The number of quaternary nitrogens is 1. The van der Waals surface area contributed by atoms with Gasteiger partial charge < -0.3 is 4.48 Å². The standard InChI is InChI=1S/C14H28N/c1-5-15(8-6-7-9-15)13-11-14(3,4)10-12(13)2/h12-13H,5-11H2,1-4H3/q+1. The van der Waals surface area contributed by atoms with Crippen LogP contribution < -0.4 is 0 Å². The van der Waals surface area contributed by atoms with Crippen molar-refractivity contribution in [2.24, 2.45) is 11.3 Å². The number of nitrogens with zero attached hydrogens (tertiary/aromatic N) is 1. The van der Waals surface area contributed by atoms with Gasteiger partial charge in [0.15, 0.2) is 0 Å². The van der Waals surface area contributed by atoms with Crippen molar-refractivity contribution in [1.29, 1.82) is 0 Å². The molecule has 1 heteroatoms. The Bertz CT molecular complexity index is 225. The van der Waals surface area contributed by atoms with Gasteiger partial charge in [0, 0.05) is 25.2 Å². The molecule has 1 saturated carbocycles. The Morgan fingerprint density at radius 1 is 1.13 bits per heavy atom. The summed E-state index contributed by atoms with van der Waals surface area (Å²) in [6.07, 6.45) is 5.84. The van der Waals surface area contributed by atoms with Crippen molar-refractivity contribution in [3.8, 4) is 0 Å². The number of rotatable bonds is 2. The number of hydrogen-bond donors (Lipinski definition) is 0. The van der Waals surface area contributed by atoms with E-state index in [9.17, 15) is 0 Å². The molecule has 0 radical (unpaired) electrons. The molecular weight excluding hydrogens is 182 g/mol. The van der Waals surface area contributed by atoms with Gasteiger partial charge in [0.05, 0.1) is 25.7 Å². The molecule has 2 fully saturated rings. The minimum Gasteiger partial charge on any atom is -0.321 e. The van der Waals surface area contributed by atoms with Gasteiger partial charge in [0.2, 0.25) is 0 Å². The molecule has 2 atom stereocenters. The van der Waals surface area contributed by atoms with Gasteiger partial charge in [0.1, 0.15) is 0 Å². The van der Waals surface area contributed by atoms with E-state index >= 15 is 0 Å². The summed E-state index contributed by atoms with van der Waals surface area (Å²) < 4.78 is 1.45. The van der Waals surface area contributed by atoms with Crippen LogP contribution in [0.1, 0.15) is 53.4 Å². The summed E-state index contributed by atoms with van der Waals surface area (Å²) in [5.41, 5.74) is 0.604. The fourth-order valence-electron chi connectivity index (χ4n) is 4.44. The molecule has 2 rings (SSSR count). The Morgan fingerprint density at radius 2 is 1.73 bits per heavy atom. The summed E-state index contributed by atoms with van der Waals surface area (Å²) >= 11 is 0. The van der Waals surface area contributed by atoms with Crippen molar-refractivity contribution in [3.63, 3.8) is 0 Å². The molecule has 0 bridgehead atoms. The molecule has 2 unspecified atom stereocenters. The topological polar surface area (TPSA) is 0 Å². The highest BCUT2D eigenvalue weighted by Gasteiger charge is 2.49. The molecule has 1 saturated heterocycles. The van der Waals surface area contributed by atoms with Crippen LogP contribution in [0.25, 0.3) is 0 Å². The molecule has 0 aromatic carbocycles. The summed E-state index contributed by atoms with van der Waals surface area (Å²) in [5.74, 6) is 0.943. The highest BCUT2D eigenvalue weighted by Crippen LogP contribution is 2.46. The lowest BCUT2D eigenvalue weighted by Gasteiger charge is -2.41. The Morgan fingerprint density at radius 3 is 2.13 bits per heavy atom. The summed E-state index contributed by atoms with van der Waals surface area (Å²) in [6, 6.07) is 0.965. The molecule has 0 aromatic heterocycles. The second-order valence-electron chi connectivity index (χ2n) is 6.81. The summed E-state index contributed by atoms with van der Waals surface area (Å²) in [7, 11) is 0. The molecule has 0 aromatic rings. The normalized spacial score (nSPS) is 38.4. The third-order valence-corrected chi connectivity index (χ3v) is 5.08. The van der Waals surface area contributed by atoms with E-state index in [2.05, 4.69) is 27.7 Å². The van der Waals surface area contributed by atoms with Gasteiger partial charge in [-0.15, -0.1) is 0 Å². The largest absolute Gasteiger partial charge is 0.321 e. The second-order valence-corrected chi connectivity index (χ2v) is 6.81. The maximum atomic E-state index is 2.49. The molecule has 0 amide bonds. The van der Waals surface area contributed by atoms with Crippen LogP contribution in [0.5, 0.6) is 0 Å². The van der Waals surface area contributed by atoms with E-state index < -0.39 is 0 Å². The van der Waals surface area contributed by atoms with Gasteiger partial charge in [-0.1, -0.05) is 20.8 Å². The quantitative estimate of drug-likeness (QED) is 0.612. The van der Waals surface area contributed by atoms with Gasteiger partial charge in [-0.25, -0.2) is 0 Å².